The number of nitrogens with zero attached hydrogens (tertiary/aromatic N) is 3. The summed E-state index contributed by atoms with van der Waals surface area (Å²) in [4.78, 5) is 11.5. The van der Waals surface area contributed by atoms with Crippen LogP contribution in [0.2, 0.25) is 0 Å². The van der Waals surface area contributed by atoms with Gasteiger partial charge >= 0.3 is 0 Å². The van der Waals surface area contributed by atoms with Crippen LogP contribution in [0, 0.1) is 0 Å². The normalized spacial score (nSPS) is 28.3. The highest BCUT2D eigenvalue weighted by Gasteiger charge is 2.41. The maximum atomic E-state index is 5.90. The SMILES string of the molecule is CN=C(NCCc1csc(N2CCCC2)n1)NC1CC2CCC1O2.I. The van der Waals surface area contributed by atoms with Crippen LogP contribution < -0.4 is 15.5 Å². The van der Waals surface area contributed by atoms with E-state index in [4.69, 9.17) is 9.72 Å². The van der Waals surface area contributed by atoms with Crippen molar-refractivity contribution >= 4 is 46.4 Å². The molecular weight excluding hydrogens is 449 g/mol. The van der Waals surface area contributed by atoms with Crippen LogP contribution in [0.1, 0.15) is 37.8 Å². The molecule has 1 aromatic rings. The zero-order valence-electron chi connectivity index (χ0n) is 14.7. The van der Waals surface area contributed by atoms with Gasteiger partial charge in [0.15, 0.2) is 11.1 Å². The van der Waals surface area contributed by atoms with E-state index in [1.807, 2.05) is 7.05 Å². The fourth-order valence-corrected chi connectivity index (χ4v) is 4.85. The number of halogens is 1. The van der Waals surface area contributed by atoms with E-state index in [1.54, 1.807) is 11.3 Å². The number of hydrogen-bond donors (Lipinski definition) is 2. The molecule has 2 bridgehead atoms. The van der Waals surface area contributed by atoms with Crippen LogP contribution in [0.3, 0.4) is 0 Å². The molecule has 140 valence electrons. The molecule has 3 aliphatic heterocycles. The van der Waals surface area contributed by atoms with Crippen molar-refractivity contribution in [2.75, 3.05) is 31.6 Å². The van der Waals surface area contributed by atoms with Crippen LogP contribution in [-0.4, -0.2) is 55.9 Å². The second kappa shape index (κ2) is 8.85. The first kappa shape index (κ1) is 19.2. The largest absolute Gasteiger partial charge is 0.373 e. The first-order valence-corrected chi connectivity index (χ1v) is 10.0. The second-order valence-corrected chi connectivity index (χ2v) is 7.76. The van der Waals surface area contributed by atoms with Crippen molar-refractivity contribution in [3.8, 4) is 0 Å². The Labute approximate surface area is 170 Å². The third-order valence-corrected chi connectivity index (χ3v) is 6.19. The van der Waals surface area contributed by atoms with Crippen molar-refractivity contribution in [1.82, 2.24) is 15.6 Å². The highest BCUT2D eigenvalue weighted by molar-refractivity contribution is 14.0. The van der Waals surface area contributed by atoms with Crippen LogP contribution in [0.15, 0.2) is 10.4 Å². The van der Waals surface area contributed by atoms with E-state index in [2.05, 4.69) is 25.9 Å². The molecule has 2 N–H and O–H groups in total. The molecule has 1 aromatic heterocycles. The van der Waals surface area contributed by atoms with Gasteiger partial charge in [0.05, 0.1) is 23.9 Å². The van der Waals surface area contributed by atoms with Gasteiger partial charge in [-0.25, -0.2) is 4.98 Å². The molecule has 0 radical (unpaired) electrons. The van der Waals surface area contributed by atoms with Gasteiger partial charge in [0.2, 0.25) is 0 Å². The van der Waals surface area contributed by atoms with Crippen LogP contribution in [-0.2, 0) is 11.2 Å². The average molecular weight is 477 g/mol. The molecule has 4 heterocycles. The Kier molecular flexibility index (Phi) is 6.79. The predicted octanol–water partition coefficient (Wildman–Crippen LogP) is 2.39. The summed E-state index contributed by atoms with van der Waals surface area (Å²) in [6, 6.07) is 0.413. The Hall–Kier alpha value is -0.610. The molecule has 25 heavy (non-hydrogen) atoms. The Balaban J connectivity index is 0.00000182. The minimum atomic E-state index is 0. The van der Waals surface area contributed by atoms with E-state index < -0.39 is 0 Å². The highest BCUT2D eigenvalue weighted by Crippen LogP contribution is 2.34. The summed E-state index contributed by atoms with van der Waals surface area (Å²) >= 11 is 1.77. The molecule has 3 aliphatic rings. The second-order valence-electron chi connectivity index (χ2n) is 6.92. The number of fused-ring (bicyclic) bond motifs is 2. The molecule has 8 heteroatoms. The summed E-state index contributed by atoms with van der Waals surface area (Å²) in [7, 11) is 1.83. The van der Waals surface area contributed by atoms with Gasteiger partial charge in [0.25, 0.3) is 0 Å². The zero-order valence-corrected chi connectivity index (χ0v) is 17.9. The third kappa shape index (κ3) is 4.57. The number of nitrogens with one attached hydrogen (secondary N) is 2. The fraction of sp³-hybridized carbons (Fsp3) is 0.765. The molecular formula is C17H28IN5OS. The minimum absolute atomic E-state index is 0. The lowest BCUT2D eigenvalue weighted by Gasteiger charge is -2.22. The van der Waals surface area contributed by atoms with Crippen LogP contribution in [0.5, 0.6) is 0 Å². The van der Waals surface area contributed by atoms with Crippen molar-refractivity contribution in [2.24, 2.45) is 4.99 Å². The Bertz CT molecular complexity index is 589. The summed E-state index contributed by atoms with van der Waals surface area (Å²) in [6.07, 6.45) is 7.86. The molecule has 0 aromatic carbocycles. The fourth-order valence-electron chi connectivity index (χ4n) is 3.93. The first-order chi connectivity index (χ1) is 11.8. The third-order valence-electron chi connectivity index (χ3n) is 5.24. The van der Waals surface area contributed by atoms with Crippen molar-refractivity contribution in [3.05, 3.63) is 11.1 Å². The van der Waals surface area contributed by atoms with Gasteiger partial charge in [-0.15, -0.1) is 35.3 Å². The van der Waals surface area contributed by atoms with E-state index in [0.29, 0.717) is 18.2 Å². The lowest BCUT2D eigenvalue weighted by Crippen LogP contribution is -2.47. The number of guanidine groups is 1. The van der Waals surface area contributed by atoms with Crippen LogP contribution in [0.4, 0.5) is 5.13 Å². The van der Waals surface area contributed by atoms with Gasteiger partial charge in [-0.05, 0) is 32.1 Å². The first-order valence-electron chi connectivity index (χ1n) is 9.14. The van der Waals surface area contributed by atoms with Gasteiger partial charge in [0.1, 0.15) is 0 Å². The van der Waals surface area contributed by atoms with Gasteiger partial charge in [-0.2, -0.15) is 0 Å². The van der Waals surface area contributed by atoms with Gasteiger partial charge in [-0.3, -0.25) is 4.99 Å². The Morgan fingerprint density at radius 1 is 1.40 bits per heavy atom. The maximum absolute atomic E-state index is 5.90. The highest BCUT2D eigenvalue weighted by atomic mass is 127. The zero-order chi connectivity index (χ0) is 16.4. The number of hydrogen-bond acceptors (Lipinski definition) is 5. The smallest absolute Gasteiger partial charge is 0.191 e. The van der Waals surface area contributed by atoms with Crippen molar-refractivity contribution in [2.45, 2.75) is 56.8 Å². The summed E-state index contributed by atoms with van der Waals surface area (Å²) < 4.78 is 5.90. The van der Waals surface area contributed by atoms with Gasteiger partial charge < -0.3 is 20.3 Å². The Morgan fingerprint density at radius 2 is 2.24 bits per heavy atom. The van der Waals surface area contributed by atoms with E-state index in [9.17, 15) is 0 Å². The molecule has 0 amide bonds. The van der Waals surface area contributed by atoms with E-state index in [0.717, 1.165) is 38.4 Å². The number of rotatable bonds is 5. The molecule has 3 atom stereocenters. The number of anilines is 1. The average Bonchev–Trinajstić information content (AvgIpc) is 3.36. The summed E-state index contributed by atoms with van der Waals surface area (Å²) in [5.41, 5.74) is 1.17. The molecule has 0 spiro atoms. The summed E-state index contributed by atoms with van der Waals surface area (Å²) in [6.45, 7) is 3.17. The van der Waals surface area contributed by atoms with Crippen molar-refractivity contribution in [3.63, 3.8) is 0 Å². The number of aromatic nitrogens is 1. The molecule has 3 saturated heterocycles. The van der Waals surface area contributed by atoms with Gasteiger partial charge in [-0.1, -0.05) is 0 Å². The van der Waals surface area contributed by atoms with Crippen LogP contribution in [0.25, 0.3) is 0 Å². The van der Waals surface area contributed by atoms with Crippen molar-refractivity contribution in [1.29, 1.82) is 0 Å². The van der Waals surface area contributed by atoms with E-state index >= 15 is 0 Å². The van der Waals surface area contributed by atoms with Crippen molar-refractivity contribution < 1.29 is 4.74 Å². The summed E-state index contributed by atoms with van der Waals surface area (Å²) in [5, 5.41) is 10.3. The van der Waals surface area contributed by atoms with Gasteiger partial charge in [0, 0.05) is 38.5 Å². The lowest BCUT2D eigenvalue weighted by molar-refractivity contribution is 0.0992. The molecule has 4 rings (SSSR count). The molecule has 6 nitrogen and oxygen atoms in total. The number of aliphatic imine (C=N–C) groups is 1. The summed E-state index contributed by atoms with van der Waals surface area (Å²) in [5.74, 6) is 0.881. The van der Waals surface area contributed by atoms with Crippen LogP contribution >= 0.6 is 35.3 Å². The van der Waals surface area contributed by atoms with E-state index in [-0.39, 0.29) is 24.0 Å². The quantitative estimate of drug-likeness (QED) is 0.388. The minimum Gasteiger partial charge on any atom is -0.373 e. The molecule has 0 aliphatic carbocycles. The Morgan fingerprint density at radius 3 is 2.92 bits per heavy atom. The molecule has 0 saturated carbocycles. The monoisotopic (exact) mass is 477 g/mol. The number of ether oxygens (including phenoxy) is 1. The van der Waals surface area contributed by atoms with E-state index in [1.165, 1.54) is 36.5 Å². The predicted molar refractivity (Wildman–Crippen MR) is 113 cm³/mol. The number of thiazole rings is 1. The molecule has 3 unspecified atom stereocenters. The maximum Gasteiger partial charge on any atom is 0.191 e. The lowest BCUT2D eigenvalue weighted by atomic mass is 9.96. The topological polar surface area (TPSA) is 61.8 Å². The molecule has 3 fully saturated rings. The standard InChI is InChI=1S/C17H27N5OS.HI/c1-18-16(21-14-10-13-4-5-15(14)23-13)19-7-6-12-11-24-17(20-12)22-8-2-3-9-22;/h11,13-15H,2-10H2,1H3,(H2,18,19,21);1H.